The maximum Gasteiger partial charge on any atom is 0.0893 e. The van der Waals surface area contributed by atoms with Crippen molar-refractivity contribution in [1.29, 1.82) is 0 Å². The van der Waals surface area contributed by atoms with Crippen LogP contribution in [0.5, 0.6) is 0 Å². The Bertz CT molecular complexity index is 543. The van der Waals surface area contributed by atoms with Gasteiger partial charge in [0.15, 0.2) is 0 Å². The molecule has 1 aromatic carbocycles. The predicted molar refractivity (Wildman–Crippen MR) is 86.1 cm³/mol. The molecule has 0 saturated carbocycles. The molecule has 112 valence electrons. The number of rotatable bonds is 6. The Kier molecular flexibility index (Phi) is 4.63. The van der Waals surface area contributed by atoms with E-state index in [4.69, 9.17) is 0 Å². The first-order chi connectivity index (χ1) is 10.3. The van der Waals surface area contributed by atoms with Crippen LogP contribution in [0.3, 0.4) is 0 Å². The molecule has 21 heavy (non-hydrogen) atoms. The normalized spacial score (nSPS) is 22.7. The number of hydrogen-bond donors (Lipinski definition) is 1. The van der Waals surface area contributed by atoms with Crippen LogP contribution in [0.15, 0.2) is 35.7 Å². The predicted octanol–water partition coefficient (Wildman–Crippen LogP) is 2.68. The second-order valence-corrected chi connectivity index (χ2v) is 6.62. The van der Waals surface area contributed by atoms with E-state index in [2.05, 4.69) is 57.1 Å². The Hall–Kier alpha value is -1.30. The maximum absolute atomic E-state index is 4.08. The van der Waals surface area contributed by atoms with Crippen LogP contribution in [0.1, 0.15) is 31.0 Å². The summed E-state index contributed by atoms with van der Waals surface area (Å²) in [6.07, 6.45) is 2.53. The van der Waals surface area contributed by atoms with E-state index in [1.165, 1.54) is 36.5 Å². The van der Waals surface area contributed by atoms with Crippen molar-refractivity contribution in [3.8, 4) is 0 Å². The van der Waals surface area contributed by atoms with Gasteiger partial charge in [-0.25, -0.2) is 0 Å². The van der Waals surface area contributed by atoms with Crippen molar-refractivity contribution in [2.24, 2.45) is 0 Å². The molecule has 0 spiro atoms. The Labute approximate surface area is 130 Å². The number of hydrogen-bond acceptors (Lipinski definition) is 5. The van der Waals surface area contributed by atoms with Crippen LogP contribution in [0.2, 0.25) is 0 Å². The molecular formula is C16H22N4S. The highest BCUT2D eigenvalue weighted by Crippen LogP contribution is 2.30. The van der Waals surface area contributed by atoms with Crippen LogP contribution in [0.4, 0.5) is 0 Å². The van der Waals surface area contributed by atoms with E-state index >= 15 is 0 Å². The van der Waals surface area contributed by atoms with Crippen molar-refractivity contribution in [3.05, 3.63) is 47.0 Å². The van der Waals surface area contributed by atoms with Crippen molar-refractivity contribution >= 4 is 11.5 Å². The zero-order valence-electron chi connectivity index (χ0n) is 12.5. The Balaban J connectivity index is 1.56. The number of nitrogens with one attached hydrogen (secondary N) is 1. The summed E-state index contributed by atoms with van der Waals surface area (Å²) in [6, 6.07) is 10.8. The maximum atomic E-state index is 4.08. The van der Waals surface area contributed by atoms with Gasteiger partial charge in [0.2, 0.25) is 0 Å². The molecule has 1 saturated heterocycles. The first-order valence-electron chi connectivity index (χ1n) is 7.52. The first kappa shape index (κ1) is 14.6. The van der Waals surface area contributed by atoms with Gasteiger partial charge in [-0.1, -0.05) is 34.8 Å². The molecule has 0 radical (unpaired) electrons. The van der Waals surface area contributed by atoms with Crippen molar-refractivity contribution < 1.29 is 0 Å². The van der Waals surface area contributed by atoms with Gasteiger partial charge in [0.05, 0.1) is 5.69 Å². The summed E-state index contributed by atoms with van der Waals surface area (Å²) in [6.45, 7) is 6.40. The van der Waals surface area contributed by atoms with E-state index in [-0.39, 0.29) is 5.54 Å². The third-order valence-electron chi connectivity index (χ3n) is 4.34. The molecule has 1 N–H and O–H groups in total. The fraction of sp³-hybridized carbons (Fsp3) is 0.500. The Morgan fingerprint density at radius 3 is 2.95 bits per heavy atom. The lowest BCUT2D eigenvalue weighted by Crippen LogP contribution is -2.48. The van der Waals surface area contributed by atoms with Gasteiger partial charge in [0.25, 0.3) is 0 Å². The average Bonchev–Trinajstić information content (AvgIpc) is 3.12. The lowest BCUT2D eigenvalue weighted by molar-refractivity contribution is 0.144. The van der Waals surface area contributed by atoms with Gasteiger partial charge < -0.3 is 5.32 Å². The monoisotopic (exact) mass is 302 g/mol. The molecule has 1 fully saturated rings. The van der Waals surface area contributed by atoms with Crippen molar-refractivity contribution in [1.82, 2.24) is 19.8 Å². The van der Waals surface area contributed by atoms with E-state index < -0.39 is 0 Å². The van der Waals surface area contributed by atoms with Gasteiger partial charge in [0, 0.05) is 30.6 Å². The molecule has 1 aliphatic rings. The molecule has 5 heteroatoms. The average molecular weight is 302 g/mol. The van der Waals surface area contributed by atoms with E-state index in [1.54, 1.807) is 0 Å². The quantitative estimate of drug-likeness (QED) is 0.891. The minimum absolute atomic E-state index is 0.235. The lowest BCUT2D eigenvalue weighted by atomic mass is 9.98. The van der Waals surface area contributed by atoms with Crippen LogP contribution >= 0.6 is 11.5 Å². The summed E-state index contributed by atoms with van der Waals surface area (Å²) in [7, 11) is 0. The molecule has 2 heterocycles. The zero-order valence-corrected chi connectivity index (χ0v) is 13.3. The summed E-state index contributed by atoms with van der Waals surface area (Å²) in [5.74, 6) is 0. The van der Waals surface area contributed by atoms with Crippen LogP contribution in [-0.4, -0.2) is 33.1 Å². The van der Waals surface area contributed by atoms with Crippen LogP contribution in [0.25, 0.3) is 0 Å². The van der Waals surface area contributed by atoms with E-state index in [9.17, 15) is 0 Å². The Morgan fingerprint density at radius 2 is 2.19 bits per heavy atom. The van der Waals surface area contributed by atoms with Crippen LogP contribution in [-0.2, 0) is 13.1 Å². The second kappa shape index (κ2) is 6.64. The molecule has 0 bridgehead atoms. The fourth-order valence-corrected chi connectivity index (χ4v) is 3.52. The van der Waals surface area contributed by atoms with E-state index in [0.717, 1.165) is 25.3 Å². The van der Waals surface area contributed by atoms with Crippen molar-refractivity contribution in [2.45, 2.75) is 38.4 Å². The largest absolute Gasteiger partial charge is 0.309 e. The van der Waals surface area contributed by atoms with Gasteiger partial charge >= 0.3 is 0 Å². The highest BCUT2D eigenvalue weighted by molar-refractivity contribution is 7.03. The molecule has 0 aliphatic carbocycles. The van der Waals surface area contributed by atoms with Crippen molar-refractivity contribution in [3.63, 3.8) is 0 Å². The lowest BCUT2D eigenvalue weighted by Gasteiger charge is -2.35. The fourth-order valence-electron chi connectivity index (χ4n) is 3.07. The van der Waals surface area contributed by atoms with Gasteiger partial charge in [-0.05, 0) is 43.4 Å². The first-order valence-corrected chi connectivity index (χ1v) is 8.36. The van der Waals surface area contributed by atoms with Gasteiger partial charge in [-0.15, -0.1) is 5.10 Å². The summed E-state index contributed by atoms with van der Waals surface area (Å²) in [5, 5.41) is 9.64. The van der Waals surface area contributed by atoms with E-state index in [1.807, 2.05) is 5.38 Å². The van der Waals surface area contributed by atoms with Gasteiger partial charge in [-0.3, -0.25) is 4.90 Å². The third-order valence-corrected chi connectivity index (χ3v) is 4.89. The number of likely N-dealkylation sites (tertiary alicyclic amines) is 1. The molecule has 1 aliphatic heterocycles. The zero-order chi connectivity index (χ0) is 14.5. The highest BCUT2D eigenvalue weighted by Gasteiger charge is 2.35. The van der Waals surface area contributed by atoms with Gasteiger partial charge in [-0.2, -0.15) is 0 Å². The highest BCUT2D eigenvalue weighted by atomic mass is 32.1. The molecule has 3 rings (SSSR count). The Morgan fingerprint density at radius 1 is 1.33 bits per heavy atom. The van der Waals surface area contributed by atoms with Gasteiger partial charge in [0.1, 0.15) is 0 Å². The minimum atomic E-state index is 0.235. The number of benzene rings is 1. The molecule has 0 amide bonds. The van der Waals surface area contributed by atoms with Crippen LogP contribution in [0, 0.1) is 0 Å². The van der Waals surface area contributed by atoms with Crippen molar-refractivity contribution in [2.75, 3.05) is 13.1 Å². The molecule has 1 atom stereocenters. The standard InChI is InChI=1S/C16H22N4S/c1-16(13-17-10-15-12-21-19-18-15)8-5-9-20(16)11-14-6-3-2-4-7-14/h2-4,6-7,12,17H,5,8-11,13H2,1H3. The summed E-state index contributed by atoms with van der Waals surface area (Å²) in [4.78, 5) is 2.61. The molecule has 1 unspecified atom stereocenters. The molecule has 1 aromatic heterocycles. The number of aromatic nitrogens is 2. The SMILES string of the molecule is CC1(CNCc2csnn2)CCCN1Cc1ccccc1. The van der Waals surface area contributed by atoms with E-state index in [0.29, 0.717) is 0 Å². The smallest absolute Gasteiger partial charge is 0.0893 e. The summed E-state index contributed by atoms with van der Waals surface area (Å²) < 4.78 is 3.90. The topological polar surface area (TPSA) is 41.1 Å². The van der Waals surface area contributed by atoms with Crippen LogP contribution < -0.4 is 5.32 Å². The second-order valence-electron chi connectivity index (χ2n) is 6.01. The molecule has 2 aromatic rings. The molecule has 4 nitrogen and oxygen atoms in total. The number of nitrogens with zero attached hydrogens (tertiary/aromatic N) is 3. The third kappa shape index (κ3) is 3.67. The minimum Gasteiger partial charge on any atom is -0.309 e. The summed E-state index contributed by atoms with van der Waals surface area (Å²) in [5.41, 5.74) is 2.67. The molecular weight excluding hydrogens is 280 g/mol. The summed E-state index contributed by atoms with van der Waals surface area (Å²) >= 11 is 1.41.